The summed E-state index contributed by atoms with van der Waals surface area (Å²) in [5, 5.41) is 0. The van der Waals surface area contributed by atoms with Crippen LogP contribution in [0.4, 0.5) is 0 Å². The summed E-state index contributed by atoms with van der Waals surface area (Å²) in [7, 11) is 1.44. The maximum absolute atomic E-state index is 12.8. The van der Waals surface area contributed by atoms with Gasteiger partial charge in [-0.3, -0.25) is 14.6 Å². The van der Waals surface area contributed by atoms with Gasteiger partial charge in [-0.2, -0.15) is 0 Å². The van der Waals surface area contributed by atoms with Crippen LogP contribution >= 0.6 is 0 Å². The van der Waals surface area contributed by atoms with Gasteiger partial charge in [0.2, 0.25) is 5.91 Å². The molecule has 1 amide bonds. The number of nitrogens with zero attached hydrogens (tertiary/aromatic N) is 2. The number of carbonyl (C=O) groups excluding carboxylic acids is 2. The first-order valence-electron chi connectivity index (χ1n) is 10.7. The van der Waals surface area contributed by atoms with Gasteiger partial charge in [0, 0.05) is 37.8 Å². The Balaban J connectivity index is 1.81. The summed E-state index contributed by atoms with van der Waals surface area (Å²) in [6, 6.07) is 6.70. The number of carbonyl (C=O) groups is 2. The molecule has 2 heterocycles. The lowest BCUT2D eigenvalue weighted by Gasteiger charge is -2.41. The number of allylic oxidation sites excluding steroid dienone is 2. The number of aryl methyl sites for hydroxylation is 2. The summed E-state index contributed by atoms with van der Waals surface area (Å²) in [5.41, 5.74) is 6.53. The summed E-state index contributed by atoms with van der Waals surface area (Å²) in [6.45, 7) is 4.81. The number of esters is 1. The van der Waals surface area contributed by atoms with E-state index in [1.54, 1.807) is 11.8 Å². The van der Waals surface area contributed by atoms with Crippen molar-refractivity contribution in [1.82, 2.24) is 4.90 Å². The Morgan fingerprint density at radius 1 is 1.21 bits per heavy atom. The normalized spacial score (nSPS) is 26.4. The fourth-order valence-corrected chi connectivity index (χ4v) is 5.35. The zero-order valence-corrected chi connectivity index (χ0v) is 17.6. The maximum Gasteiger partial charge on any atom is 0.310 e. The van der Waals surface area contributed by atoms with E-state index >= 15 is 0 Å². The predicted octanol–water partition coefficient (Wildman–Crippen LogP) is 3.80. The number of likely N-dealkylation sites (tertiary alicyclic amines) is 1. The van der Waals surface area contributed by atoms with Crippen LogP contribution < -0.4 is 0 Å². The average molecular weight is 395 g/mol. The first-order chi connectivity index (χ1) is 14.0. The number of benzene rings is 1. The molecule has 4 rings (SSSR count). The van der Waals surface area contributed by atoms with Crippen molar-refractivity contribution >= 4 is 18.1 Å². The van der Waals surface area contributed by atoms with Gasteiger partial charge >= 0.3 is 5.97 Å². The molecule has 0 saturated carbocycles. The van der Waals surface area contributed by atoms with Crippen LogP contribution in [0, 0.1) is 18.8 Å². The molecule has 29 heavy (non-hydrogen) atoms. The third-order valence-electron chi connectivity index (χ3n) is 6.84. The molecule has 5 heteroatoms. The Kier molecular flexibility index (Phi) is 5.57. The largest absolute Gasteiger partial charge is 0.469 e. The lowest BCUT2D eigenvalue weighted by Crippen LogP contribution is -2.48. The summed E-state index contributed by atoms with van der Waals surface area (Å²) < 4.78 is 5.18. The Morgan fingerprint density at radius 2 is 2.03 bits per heavy atom. The van der Waals surface area contributed by atoms with Crippen molar-refractivity contribution in [2.75, 3.05) is 20.2 Å². The quantitative estimate of drug-likeness (QED) is 0.717. The third-order valence-corrected chi connectivity index (χ3v) is 6.84. The highest BCUT2D eigenvalue weighted by Gasteiger charge is 2.43. The first-order valence-corrected chi connectivity index (χ1v) is 10.7. The fourth-order valence-electron chi connectivity index (χ4n) is 5.35. The summed E-state index contributed by atoms with van der Waals surface area (Å²) in [4.78, 5) is 31.5. The lowest BCUT2D eigenvalue weighted by molar-refractivity contribution is -0.151. The van der Waals surface area contributed by atoms with Gasteiger partial charge in [-0.05, 0) is 61.6 Å². The predicted molar refractivity (Wildman–Crippen MR) is 113 cm³/mol. The third kappa shape index (κ3) is 3.75. The second-order valence-corrected chi connectivity index (χ2v) is 8.57. The molecule has 0 aromatic heterocycles. The van der Waals surface area contributed by atoms with E-state index in [9.17, 15) is 9.59 Å². The van der Waals surface area contributed by atoms with Crippen molar-refractivity contribution in [3.63, 3.8) is 0 Å². The number of piperidine rings is 1. The number of fused-ring (bicyclic) bond motifs is 1. The van der Waals surface area contributed by atoms with Crippen molar-refractivity contribution < 1.29 is 14.3 Å². The van der Waals surface area contributed by atoms with E-state index in [1.165, 1.54) is 29.4 Å². The highest BCUT2D eigenvalue weighted by molar-refractivity contribution is 5.77. The van der Waals surface area contributed by atoms with Gasteiger partial charge in [-0.15, -0.1) is 0 Å². The van der Waals surface area contributed by atoms with Crippen LogP contribution in [-0.2, 0) is 20.7 Å². The average Bonchev–Trinajstić information content (AvgIpc) is 2.89. The van der Waals surface area contributed by atoms with Crippen LogP contribution in [0.2, 0.25) is 0 Å². The number of methoxy groups -OCH3 is 1. The smallest absolute Gasteiger partial charge is 0.310 e. The minimum Gasteiger partial charge on any atom is -0.469 e. The molecule has 3 unspecified atom stereocenters. The molecule has 0 N–H and O–H groups in total. The molecule has 1 aromatic rings. The van der Waals surface area contributed by atoms with Gasteiger partial charge in [-0.1, -0.05) is 23.8 Å². The van der Waals surface area contributed by atoms with Crippen molar-refractivity contribution in [2.24, 2.45) is 16.8 Å². The second kappa shape index (κ2) is 8.13. The maximum atomic E-state index is 12.8. The zero-order chi connectivity index (χ0) is 20.5. The Hall–Kier alpha value is -2.43. The zero-order valence-electron chi connectivity index (χ0n) is 17.6. The molecule has 0 radical (unpaired) electrons. The highest BCUT2D eigenvalue weighted by atomic mass is 16.5. The molecular weight excluding hydrogens is 364 g/mol. The summed E-state index contributed by atoms with van der Waals surface area (Å²) in [5.74, 6) is -0.373. The van der Waals surface area contributed by atoms with Gasteiger partial charge in [0.1, 0.15) is 0 Å². The number of rotatable bonds is 2. The number of hydrogen-bond donors (Lipinski definition) is 0. The van der Waals surface area contributed by atoms with E-state index in [2.05, 4.69) is 25.1 Å². The number of ether oxygens (including phenoxy) is 1. The first kappa shape index (κ1) is 19.9. The van der Waals surface area contributed by atoms with Gasteiger partial charge in [-0.25, -0.2) is 0 Å². The molecule has 3 aliphatic rings. The second-order valence-electron chi connectivity index (χ2n) is 8.57. The topological polar surface area (TPSA) is 59.0 Å². The monoisotopic (exact) mass is 394 g/mol. The van der Waals surface area contributed by atoms with Crippen LogP contribution in [0.5, 0.6) is 0 Å². The molecule has 5 nitrogen and oxygen atoms in total. The molecule has 2 aliphatic heterocycles. The lowest BCUT2D eigenvalue weighted by atomic mass is 9.71. The summed E-state index contributed by atoms with van der Waals surface area (Å²) in [6.07, 6.45) is 6.92. The Morgan fingerprint density at radius 3 is 2.79 bits per heavy atom. The Bertz CT molecular complexity index is 886. The van der Waals surface area contributed by atoms with Gasteiger partial charge in [0.25, 0.3) is 0 Å². The molecule has 1 saturated heterocycles. The minimum atomic E-state index is -0.333. The van der Waals surface area contributed by atoms with Crippen molar-refractivity contribution in [2.45, 2.75) is 51.9 Å². The van der Waals surface area contributed by atoms with Crippen molar-refractivity contribution in [3.8, 4) is 0 Å². The van der Waals surface area contributed by atoms with Gasteiger partial charge in [0.05, 0.1) is 13.0 Å². The Labute approximate surface area is 172 Å². The minimum absolute atomic E-state index is 0.0184. The van der Waals surface area contributed by atoms with E-state index < -0.39 is 0 Å². The van der Waals surface area contributed by atoms with Gasteiger partial charge < -0.3 is 9.64 Å². The standard InChI is InChI=1S/C24H30N2O3/c1-15-6-9-19-18(13-15)8-7-17-5-4-11-25-23(17)22(19)20-10-12-26(16(2)27)14-21(20)24(28)29-3/h6,9,11,13,20-22H,4-5,7-8,10,12,14H2,1-3H3. The van der Waals surface area contributed by atoms with Crippen molar-refractivity contribution in [3.05, 3.63) is 46.2 Å². The molecule has 0 bridgehead atoms. The molecule has 0 spiro atoms. The fraction of sp³-hybridized carbons (Fsp3) is 0.542. The molecule has 154 valence electrons. The number of hydrogen-bond acceptors (Lipinski definition) is 4. The van der Waals surface area contributed by atoms with E-state index in [0.717, 1.165) is 37.8 Å². The molecule has 1 aliphatic carbocycles. The van der Waals surface area contributed by atoms with Crippen molar-refractivity contribution in [1.29, 1.82) is 0 Å². The van der Waals surface area contributed by atoms with E-state index in [0.29, 0.717) is 13.1 Å². The van der Waals surface area contributed by atoms with E-state index in [-0.39, 0.29) is 29.6 Å². The SMILES string of the molecule is COC(=O)C1CN(C(C)=O)CCC1C1C2=C(CCC=N2)CCc2cc(C)ccc21. The molecule has 3 atom stereocenters. The van der Waals surface area contributed by atoms with Crippen LogP contribution in [-0.4, -0.2) is 43.2 Å². The van der Waals surface area contributed by atoms with Crippen LogP contribution in [0.25, 0.3) is 0 Å². The van der Waals surface area contributed by atoms with Crippen LogP contribution in [0.1, 0.15) is 55.2 Å². The van der Waals surface area contributed by atoms with E-state index in [4.69, 9.17) is 9.73 Å². The number of amides is 1. The van der Waals surface area contributed by atoms with Crippen LogP contribution in [0.3, 0.4) is 0 Å². The summed E-state index contributed by atoms with van der Waals surface area (Å²) >= 11 is 0. The highest BCUT2D eigenvalue weighted by Crippen LogP contribution is 2.47. The molecular formula is C24H30N2O3. The van der Waals surface area contributed by atoms with Gasteiger partial charge in [0.15, 0.2) is 0 Å². The van der Waals surface area contributed by atoms with Crippen LogP contribution in [0.15, 0.2) is 34.5 Å². The number of aliphatic imine (C=N–C) groups is 1. The van der Waals surface area contributed by atoms with E-state index in [1.807, 2.05) is 6.21 Å². The molecule has 1 aromatic carbocycles. The molecule has 1 fully saturated rings.